The van der Waals surface area contributed by atoms with Crippen molar-refractivity contribution in [1.29, 1.82) is 0 Å². The Morgan fingerprint density at radius 3 is 2.31 bits per heavy atom. The van der Waals surface area contributed by atoms with Gasteiger partial charge in [0, 0.05) is 49.3 Å². The van der Waals surface area contributed by atoms with Gasteiger partial charge >= 0.3 is 0 Å². The van der Waals surface area contributed by atoms with E-state index in [1.807, 2.05) is 34.1 Å². The average molecular weight is 460 g/mol. The van der Waals surface area contributed by atoms with E-state index in [0.29, 0.717) is 25.3 Å². The molecule has 2 aromatic rings. The van der Waals surface area contributed by atoms with Crippen molar-refractivity contribution in [1.82, 2.24) is 24.9 Å². The maximum Gasteiger partial charge on any atom is 0.271 e. The van der Waals surface area contributed by atoms with Gasteiger partial charge in [-0.3, -0.25) is 19.6 Å². The number of piperazine rings is 1. The smallest absolute Gasteiger partial charge is 0.271 e. The molecule has 3 heterocycles. The number of aromatic amines is 1. The molecule has 2 fully saturated rings. The van der Waals surface area contributed by atoms with Gasteiger partial charge in [-0.25, -0.2) is 0 Å². The number of amides is 2. The van der Waals surface area contributed by atoms with Crippen LogP contribution in [0.5, 0.6) is 0 Å². The Bertz CT molecular complexity index is 852. The third kappa shape index (κ3) is 4.87. The third-order valence-corrected chi connectivity index (χ3v) is 6.20. The standard InChI is InChI=1S/C21H26BrN5O2/c22-17-6-4-16(5-7-17)18-14-19(24-23-18)21(29)27-12-10-25(11-13-27)15-20(28)26-8-2-1-3-9-26/h4-7,14H,1-3,8-13,15H2,(H,23,24). The fourth-order valence-corrected chi connectivity index (χ4v) is 4.18. The quantitative estimate of drug-likeness (QED) is 0.762. The van der Waals surface area contributed by atoms with Crippen LogP contribution in [0.25, 0.3) is 11.3 Å². The zero-order valence-electron chi connectivity index (χ0n) is 16.4. The Balaban J connectivity index is 1.30. The van der Waals surface area contributed by atoms with Crippen molar-refractivity contribution in [3.63, 3.8) is 0 Å². The number of benzene rings is 1. The fourth-order valence-electron chi connectivity index (χ4n) is 3.91. The van der Waals surface area contributed by atoms with Crippen molar-refractivity contribution >= 4 is 27.7 Å². The Morgan fingerprint density at radius 2 is 1.62 bits per heavy atom. The summed E-state index contributed by atoms with van der Waals surface area (Å²) in [6.45, 7) is 4.92. The summed E-state index contributed by atoms with van der Waals surface area (Å²) >= 11 is 3.42. The summed E-state index contributed by atoms with van der Waals surface area (Å²) in [4.78, 5) is 31.2. The zero-order valence-corrected chi connectivity index (χ0v) is 18.0. The molecule has 0 unspecified atom stereocenters. The molecule has 0 aliphatic carbocycles. The van der Waals surface area contributed by atoms with Crippen LogP contribution in [0, 0.1) is 0 Å². The number of H-pyrrole nitrogens is 1. The van der Waals surface area contributed by atoms with E-state index in [0.717, 1.165) is 54.8 Å². The van der Waals surface area contributed by atoms with E-state index in [-0.39, 0.29) is 11.8 Å². The number of hydrogen-bond acceptors (Lipinski definition) is 4. The molecule has 8 heteroatoms. The summed E-state index contributed by atoms with van der Waals surface area (Å²) in [5.41, 5.74) is 2.22. The molecule has 0 radical (unpaired) electrons. The highest BCUT2D eigenvalue weighted by Gasteiger charge is 2.26. The number of nitrogens with one attached hydrogen (secondary N) is 1. The number of carbonyl (C=O) groups excluding carboxylic acids is 2. The first-order valence-corrected chi connectivity index (χ1v) is 11.0. The van der Waals surface area contributed by atoms with Crippen molar-refractivity contribution in [2.45, 2.75) is 19.3 Å². The van der Waals surface area contributed by atoms with Crippen LogP contribution in [0.3, 0.4) is 0 Å². The van der Waals surface area contributed by atoms with Gasteiger partial charge in [-0.1, -0.05) is 28.1 Å². The van der Waals surface area contributed by atoms with Gasteiger partial charge in [0.05, 0.1) is 12.2 Å². The molecule has 1 aromatic carbocycles. The van der Waals surface area contributed by atoms with Crippen molar-refractivity contribution < 1.29 is 9.59 Å². The first-order chi connectivity index (χ1) is 14.1. The number of rotatable bonds is 4. The molecule has 0 bridgehead atoms. The van der Waals surface area contributed by atoms with Gasteiger partial charge < -0.3 is 9.80 Å². The predicted molar refractivity (Wildman–Crippen MR) is 114 cm³/mol. The summed E-state index contributed by atoms with van der Waals surface area (Å²) in [6, 6.07) is 9.64. The number of carbonyl (C=O) groups is 2. The molecule has 7 nitrogen and oxygen atoms in total. The second-order valence-corrected chi connectivity index (χ2v) is 8.60. The first kappa shape index (κ1) is 20.1. The van der Waals surface area contributed by atoms with Crippen LogP contribution in [0.2, 0.25) is 0 Å². The van der Waals surface area contributed by atoms with Gasteiger partial charge in [0.25, 0.3) is 5.91 Å². The summed E-state index contributed by atoms with van der Waals surface area (Å²) in [5.74, 6) is 0.181. The van der Waals surface area contributed by atoms with Gasteiger partial charge in [-0.05, 0) is 37.5 Å². The molecule has 154 valence electrons. The van der Waals surface area contributed by atoms with Gasteiger partial charge in [-0.2, -0.15) is 5.10 Å². The van der Waals surface area contributed by atoms with E-state index in [9.17, 15) is 9.59 Å². The molecule has 2 amide bonds. The molecule has 0 saturated carbocycles. The van der Waals surface area contributed by atoms with Crippen LogP contribution in [-0.2, 0) is 4.79 Å². The van der Waals surface area contributed by atoms with Gasteiger partial charge in [0.15, 0.2) is 0 Å². The summed E-state index contributed by atoms with van der Waals surface area (Å²) < 4.78 is 1.00. The molecule has 0 atom stereocenters. The topological polar surface area (TPSA) is 72.5 Å². The lowest BCUT2D eigenvalue weighted by Crippen LogP contribution is -2.52. The lowest BCUT2D eigenvalue weighted by atomic mass is 10.1. The van der Waals surface area contributed by atoms with Crippen LogP contribution >= 0.6 is 15.9 Å². The highest BCUT2D eigenvalue weighted by molar-refractivity contribution is 9.10. The Hall–Kier alpha value is -2.19. The van der Waals surface area contributed by atoms with Gasteiger partial charge in [-0.15, -0.1) is 0 Å². The number of piperidine rings is 1. The Morgan fingerprint density at radius 1 is 0.931 bits per heavy atom. The molecule has 1 aromatic heterocycles. The molecule has 1 N–H and O–H groups in total. The largest absolute Gasteiger partial charge is 0.342 e. The van der Waals surface area contributed by atoms with Gasteiger partial charge in [0.1, 0.15) is 5.69 Å². The number of aromatic nitrogens is 2. The number of halogens is 1. The SMILES string of the molecule is O=C(CN1CCN(C(=O)c2cc(-c3ccc(Br)cc3)n[nH]2)CC1)N1CCCCC1. The van der Waals surface area contributed by atoms with Crippen molar-refractivity contribution in [3.8, 4) is 11.3 Å². The monoisotopic (exact) mass is 459 g/mol. The highest BCUT2D eigenvalue weighted by atomic mass is 79.9. The maximum absolute atomic E-state index is 12.8. The third-order valence-electron chi connectivity index (χ3n) is 5.68. The predicted octanol–water partition coefficient (Wildman–Crippen LogP) is 2.61. The van der Waals surface area contributed by atoms with Crippen molar-refractivity contribution in [2.75, 3.05) is 45.8 Å². The minimum Gasteiger partial charge on any atom is -0.342 e. The minimum absolute atomic E-state index is 0.0390. The normalized spacial score (nSPS) is 18.1. The zero-order chi connectivity index (χ0) is 20.2. The molecule has 2 aliphatic rings. The van der Waals surface area contributed by atoms with Crippen LogP contribution in [0.1, 0.15) is 29.8 Å². The number of likely N-dealkylation sites (tertiary alicyclic amines) is 1. The number of hydrogen-bond donors (Lipinski definition) is 1. The lowest BCUT2D eigenvalue weighted by molar-refractivity contribution is -0.133. The summed E-state index contributed by atoms with van der Waals surface area (Å²) in [7, 11) is 0. The summed E-state index contributed by atoms with van der Waals surface area (Å²) in [6.07, 6.45) is 3.45. The number of nitrogens with zero attached hydrogens (tertiary/aromatic N) is 4. The molecule has 4 rings (SSSR count). The maximum atomic E-state index is 12.8. The molecule has 29 heavy (non-hydrogen) atoms. The van der Waals surface area contributed by atoms with E-state index in [1.54, 1.807) is 6.07 Å². The van der Waals surface area contributed by atoms with Crippen molar-refractivity contribution in [2.24, 2.45) is 0 Å². The lowest BCUT2D eigenvalue weighted by Gasteiger charge is -2.35. The van der Waals surface area contributed by atoms with E-state index < -0.39 is 0 Å². The minimum atomic E-state index is -0.0390. The second kappa shape index (κ2) is 9.09. The van der Waals surface area contributed by atoms with Crippen LogP contribution in [-0.4, -0.2) is 82.5 Å². The fraction of sp³-hybridized carbons (Fsp3) is 0.476. The molecule has 2 aliphatic heterocycles. The van der Waals surface area contributed by atoms with Crippen molar-refractivity contribution in [3.05, 3.63) is 40.5 Å². The van der Waals surface area contributed by atoms with E-state index in [2.05, 4.69) is 31.0 Å². The highest BCUT2D eigenvalue weighted by Crippen LogP contribution is 2.21. The first-order valence-electron chi connectivity index (χ1n) is 10.2. The van der Waals surface area contributed by atoms with Gasteiger partial charge in [0.2, 0.25) is 5.91 Å². The average Bonchev–Trinajstić information content (AvgIpc) is 3.25. The molecular formula is C21H26BrN5O2. The van der Waals surface area contributed by atoms with Crippen LogP contribution in [0.4, 0.5) is 0 Å². The Kier molecular flexibility index (Phi) is 6.30. The summed E-state index contributed by atoms with van der Waals surface area (Å²) in [5, 5.41) is 7.16. The van der Waals surface area contributed by atoms with Crippen LogP contribution < -0.4 is 0 Å². The molecule has 0 spiro atoms. The molecular weight excluding hydrogens is 434 g/mol. The molecule has 2 saturated heterocycles. The van der Waals surface area contributed by atoms with E-state index in [1.165, 1.54) is 6.42 Å². The second-order valence-electron chi connectivity index (χ2n) is 7.68. The van der Waals surface area contributed by atoms with E-state index >= 15 is 0 Å². The van der Waals surface area contributed by atoms with E-state index in [4.69, 9.17) is 0 Å². The Labute approximate surface area is 179 Å². The van der Waals surface area contributed by atoms with Crippen LogP contribution in [0.15, 0.2) is 34.8 Å².